The van der Waals surface area contributed by atoms with Gasteiger partial charge in [-0.3, -0.25) is 9.69 Å². The zero-order chi connectivity index (χ0) is 14.7. The van der Waals surface area contributed by atoms with Gasteiger partial charge in [0.25, 0.3) is 0 Å². The summed E-state index contributed by atoms with van der Waals surface area (Å²) >= 11 is 0. The third-order valence-corrected chi connectivity index (χ3v) is 4.14. The molecule has 0 bridgehead atoms. The lowest BCUT2D eigenvalue weighted by molar-refractivity contribution is 0.0932. The topological polar surface area (TPSA) is 23.6 Å². The standard InChI is InChI=1S/C17H26N2O/c1-13-10-14(2)17(15(3)11-13)16(20)12-19-7-5-6-18(4)8-9-19/h10-11H,5-9,12H2,1-4H3. The molecule has 1 saturated heterocycles. The molecule has 2 rings (SSSR count). The van der Waals surface area contributed by atoms with E-state index in [9.17, 15) is 4.79 Å². The predicted octanol–water partition coefficient (Wildman–Crippen LogP) is 2.43. The van der Waals surface area contributed by atoms with E-state index in [0.29, 0.717) is 6.54 Å². The van der Waals surface area contributed by atoms with Crippen molar-refractivity contribution < 1.29 is 4.79 Å². The zero-order valence-corrected chi connectivity index (χ0v) is 13.2. The molecule has 1 heterocycles. The Kier molecular flexibility index (Phi) is 4.95. The summed E-state index contributed by atoms with van der Waals surface area (Å²) in [5.41, 5.74) is 4.38. The van der Waals surface area contributed by atoms with Gasteiger partial charge < -0.3 is 4.90 Å². The van der Waals surface area contributed by atoms with E-state index in [1.807, 2.05) is 13.8 Å². The average Bonchev–Trinajstić information content (AvgIpc) is 2.53. The monoisotopic (exact) mass is 274 g/mol. The quantitative estimate of drug-likeness (QED) is 0.791. The molecule has 3 heteroatoms. The Morgan fingerprint density at radius 2 is 1.70 bits per heavy atom. The molecule has 0 amide bonds. The van der Waals surface area contributed by atoms with Crippen molar-refractivity contribution in [3.63, 3.8) is 0 Å². The van der Waals surface area contributed by atoms with E-state index in [1.165, 1.54) is 5.56 Å². The van der Waals surface area contributed by atoms with Crippen LogP contribution in [0.4, 0.5) is 0 Å². The van der Waals surface area contributed by atoms with Crippen LogP contribution in [0.25, 0.3) is 0 Å². The Balaban J connectivity index is 2.08. The Labute approximate surface area is 122 Å². The lowest BCUT2D eigenvalue weighted by Gasteiger charge is -2.20. The van der Waals surface area contributed by atoms with E-state index in [1.54, 1.807) is 0 Å². The number of aryl methyl sites for hydroxylation is 3. The number of benzene rings is 1. The van der Waals surface area contributed by atoms with E-state index in [4.69, 9.17) is 0 Å². The fourth-order valence-corrected chi connectivity index (χ4v) is 3.16. The van der Waals surface area contributed by atoms with E-state index in [-0.39, 0.29) is 5.78 Å². The molecule has 1 aliphatic heterocycles. The fourth-order valence-electron chi connectivity index (χ4n) is 3.16. The van der Waals surface area contributed by atoms with E-state index in [0.717, 1.165) is 49.3 Å². The molecular formula is C17H26N2O. The van der Waals surface area contributed by atoms with Gasteiger partial charge in [0.15, 0.2) is 5.78 Å². The van der Waals surface area contributed by atoms with Crippen LogP contribution in [0.1, 0.15) is 33.5 Å². The highest BCUT2D eigenvalue weighted by molar-refractivity contribution is 6.00. The number of hydrogen-bond acceptors (Lipinski definition) is 3. The molecule has 1 aliphatic rings. The second-order valence-electron chi connectivity index (χ2n) is 6.13. The third-order valence-electron chi connectivity index (χ3n) is 4.14. The molecule has 0 unspecified atom stereocenters. The van der Waals surface area contributed by atoms with Gasteiger partial charge in [-0.1, -0.05) is 17.7 Å². The van der Waals surface area contributed by atoms with Gasteiger partial charge in [0.2, 0.25) is 0 Å². The molecule has 110 valence electrons. The number of ketones is 1. The normalized spacial score (nSPS) is 18.0. The molecule has 0 saturated carbocycles. The van der Waals surface area contributed by atoms with Gasteiger partial charge in [0.05, 0.1) is 6.54 Å². The van der Waals surface area contributed by atoms with Gasteiger partial charge in [-0.05, 0) is 58.5 Å². The average molecular weight is 274 g/mol. The lowest BCUT2D eigenvalue weighted by atomic mass is 9.96. The minimum absolute atomic E-state index is 0.268. The van der Waals surface area contributed by atoms with Crippen LogP contribution in [0.3, 0.4) is 0 Å². The second-order valence-corrected chi connectivity index (χ2v) is 6.13. The summed E-state index contributed by atoms with van der Waals surface area (Å²) in [5, 5.41) is 0. The molecule has 0 aromatic heterocycles. The molecule has 20 heavy (non-hydrogen) atoms. The molecule has 3 nitrogen and oxygen atoms in total. The smallest absolute Gasteiger partial charge is 0.177 e. The summed E-state index contributed by atoms with van der Waals surface area (Å²) in [5.74, 6) is 0.268. The Morgan fingerprint density at radius 3 is 2.35 bits per heavy atom. The van der Waals surface area contributed by atoms with Crippen LogP contribution in [-0.4, -0.2) is 55.4 Å². The molecule has 0 spiro atoms. The van der Waals surface area contributed by atoms with Crippen LogP contribution < -0.4 is 0 Å². The first kappa shape index (κ1) is 15.2. The Morgan fingerprint density at radius 1 is 1.05 bits per heavy atom. The van der Waals surface area contributed by atoms with Gasteiger partial charge >= 0.3 is 0 Å². The van der Waals surface area contributed by atoms with E-state index in [2.05, 4.69) is 35.9 Å². The highest BCUT2D eigenvalue weighted by Gasteiger charge is 2.18. The minimum atomic E-state index is 0.268. The van der Waals surface area contributed by atoms with Crippen molar-refractivity contribution >= 4 is 5.78 Å². The van der Waals surface area contributed by atoms with Crippen LogP contribution in [0, 0.1) is 20.8 Å². The zero-order valence-electron chi connectivity index (χ0n) is 13.2. The van der Waals surface area contributed by atoms with Crippen LogP contribution in [-0.2, 0) is 0 Å². The van der Waals surface area contributed by atoms with Crippen LogP contribution >= 0.6 is 0 Å². The molecule has 1 fully saturated rings. The maximum atomic E-state index is 12.6. The summed E-state index contributed by atoms with van der Waals surface area (Å²) in [7, 11) is 2.15. The molecule has 1 aromatic carbocycles. The van der Waals surface area contributed by atoms with Crippen molar-refractivity contribution in [2.45, 2.75) is 27.2 Å². The molecule has 0 atom stereocenters. The summed E-state index contributed by atoms with van der Waals surface area (Å²) in [6, 6.07) is 4.22. The van der Waals surface area contributed by atoms with Gasteiger partial charge in [0, 0.05) is 18.7 Å². The number of hydrogen-bond donors (Lipinski definition) is 0. The molecule has 0 radical (unpaired) electrons. The number of Topliss-reactive ketones (excluding diaryl/α,β-unsaturated/α-hetero) is 1. The number of rotatable bonds is 3. The van der Waals surface area contributed by atoms with E-state index >= 15 is 0 Å². The van der Waals surface area contributed by atoms with Gasteiger partial charge in [-0.2, -0.15) is 0 Å². The van der Waals surface area contributed by atoms with Gasteiger partial charge in [-0.25, -0.2) is 0 Å². The Hall–Kier alpha value is -1.19. The largest absolute Gasteiger partial charge is 0.305 e. The first-order valence-corrected chi connectivity index (χ1v) is 7.49. The minimum Gasteiger partial charge on any atom is -0.305 e. The van der Waals surface area contributed by atoms with Crippen LogP contribution in [0.5, 0.6) is 0 Å². The molecule has 1 aromatic rings. The number of likely N-dealkylation sites (N-methyl/N-ethyl adjacent to an activating group) is 1. The molecule has 0 aliphatic carbocycles. The van der Waals surface area contributed by atoms with E-state index < -0.39 is 0 Å². The fraction of sp³-hybridized carbons (Fsp3) is 0.588. The van der Waals surface area contributed by atoms with Crippen molar-refractivity contribution in [1.82, 2.24) is 9.80 Å². The Bertz CT molecular complexity index is 473. The summed E-state index contributed by atoms with van der Waals surface area (Å²) < 4.78 is 0. The van der Waals surface area contributed by atoms with Crippen molar-refractivity contribution in [2.24, 2.45) is 0 Å². The SMILES string of the molecule is Cc1cc(C)c(C(=O)CN2CCCN(C)CC2)c(C)c1. The lowest BCUT2D eigenvalue weighted by Crippen LogP contribution is -2.33. The number of nitrogens with zero attached hydrogens (tertiary/aromatic N) is 2. The summed E-state index contributed by atoms with van der Waals surface area (Å²) in [6.07, 6.45) is 1.15. The highest BCUT2D eigenvalue weighted by Crippen LogP contribution is 2.17. The first-order chi connectivity index (χ1) is 9.47. The number of carbonyl (C=O) groups excluding carboxylic acids is 1. The highest BCUT2D eigenvalue weighted by atomic mass is 16.1. The van der Waals surface area contributed by atoms with Crippen molar-refractivity contribution in [3.05, 3.63) is 34.4 Å². The molecular weight excluding hydrogens is 248 g/mol. The van der Waals surface area contributed by atoms with Crippen molar-refractivity contribution in [2.75, 3.05) is 39.8 Å². The van der Waals surface area contributed by atoms with Crippen LogP contribution in [0.2, 0.25) is 0 Å². The maximum absolute atomic E-state index is 12.6. The first-order valence-electron chi connectivity index (χ1n) is 7.49. The second kappa shape index (κ2) is 6.51. The summed E-state index contributed by atoms with van der Waals surface area (Å²) in [4.78, 5) is 17.2. The number of carbonyl (C=O) groups is 1. The summed E-state index contributed by atoms with van der Waals surface area (Å²) in [6.45, 7) is 10.9. The molecule has 0 N–H and O–H groups in total. The van der Waals surface area contributed by atoms with Crippen LogP contribution in [0.15, 0.2) is 12.1 Å². The maximum Gasteiger partial charge on any atom is 0.177 e. The van der Waals surface area contributed by atoms with Crippen molar-refractivity contribution in [1.29, 1.82) is 0 Å². The van der Waals surface area contributed by atoms with Gasteiger partial charge in [-0.15, -0.1) is 0 Å². The van der Waals surface area contributed by atoms with Crippen molar-refractivity contribution in [3.8, 4) is 0 Å². The predicted molar refractivity (Wildman–Crippen MR) is 83.5 cm³/mol. The van der Waals surface area contributed by atoms with Gasteiger partial charge in [0.1, 0.15) is 0 Å². The third kappa shape index (κ3) is 3.68.